The van der Waals surface area contributed by atoms with E-state index in [9.17, 15) is 4.79 Å². The van der Waals surface area contributed by atoms with Crippen LogP contribution in [0.25, 0.3) is 16.6 Å². The summed E-state index contributed by atoms with van der Waals surface area (Å²) < 4.78 is 7.26. The van der Waals surface area contributed by atoms with Crippen molar-refractivity contribution in [3.63, 3.8) is 0 Å². The van der Waals surface area contributed by atoms with Crippen LogP contribution in [0.1, 0.15) is 16.2 Å². The largest absolute Gasteiger partial charge is 0.377 e. The number of anilines is 1. The van der Waals surface area contributed by atoms with Crippen molar-refractivity contribution in [2.45, 2.75) is 6.61 Å². The number of nitrogens with zero attached hydrogens (tertiary/aromatic N) is 6. The molecule has 1 aliphatic rings. The summed E-state index contributed by atoms with van der Waals surface area (Å²) in [5.41, 5.74) is 2.18. The molecule has 0 atom stereocenters. The monoisotopic (exact) mass is 436 g/mol. The lowest BCUT2D eigenvalue weighted by atomic mass is 10.2. The van der Waals surface area contributed by atoms with Crippen LogP contribution in [0, 0.1) is 0 Å². The minimum Gasteiger partial charge on any atom is -0.377 e. The van der Waals surface area contributed by atoms with Crippen LogP contribution < -0.4 is 4.90 Å². The van der Waals surface area contributed by atoms with Crippen molar-refractivity contribution < 1.29 is 9.53 Å². The highest BCUT2D eigenvalue weighted by atomic mass is 35.5. The van der Waals surface area contributed by atoms with Crippen LogP contribution in [0.4, 0.5) is 5.95 Å². The minimum atomic E-state index is 0.0491. The van der Waals surface area contributed by atoms with Gasteiger partial charge < -0.3 is 14.5 Å². The molecule has 4 aromatic rings. The lowest BCUT2D eigenvalue weighted by Crippen LogP contribution is -2.49. The van der Waals surface area contributed by atoms with Gasteiger partial charge in [-0.05, 0) is 30.3 Å². The van der Waals surface area contributed by atoms with Gasteiger partial charge >= 0.3 is 0 Å². The van der Waals surface area contributed by atoms with Gasteiger partial charge in [-0.1, -0.05) is 29.8 Å². The number of carbonyl (C=O) groups excluding carboxylic acids is 1. The normalized spacial score (nSPS) is 14.5. The van der Waals surface area contributed by atoms with E-state index >= 15 is 0 Å². The number of fused-ring (bicyclic) bond motifs is 3. The average molecular weight is 437 g/mol. The first-order valence-electron chi connectivity index (χ1n) is 10.1. The Morgan fingerprint density at radius 2 is 1.84 bits per heavy atom. The molecule has 2 aromatic carbocycles. The fraction of sp³-hybridized carbons (Fsp3) is 0.273. The highest BCUT2D eigenvalue weighted by Gasteiger charge is 2.26. The topological polar surface area (TPSA) is 75.9 Å². The van der Waals surface area contributed by atoms with Crippen molar-refractivity contribution in [1.29, 1.82) is 0 Å². The number of hydrogen-bond acceptors (Lipinski definition) is 6. The van der Waals surface area contributed by atoms with Crippen molar-refractivity contribution >= 4 is 40.0 Å². The SMILES string of the molecule is COCc1nnc2c3ccc(Cl)cc3nc(N3CCN(C(=O)c4ccccc4)CC3)n12. The fourth-order valence-electron chi connectivity index (χ4n) is 3.95. The predicted molar refractivity (Wildman–Crippen MR) is 119 cm³/mol. The minimum absolute atomic E-state index is 0.0491. The molecule has 31 heavy (non-hydrogen) atoms. The summed E-state index contributed by atoms with van der Waals surface area (Å²) in [6.45, 7) is 2.83. The quantitative estimate of drug-likeness (QED) is 0.489. The maximum atomic E-state index is 12.8. The summed E-state index contributed by atoms with van der Waals surface area (Å²) in [4.78, 5) is 21.7. The Morgan fingerprint density at radius 3 is 2.58 bits per heavy atom. The number of methoxy groups -OCH3 is 1. The number of halogens is 1. The highest BCUT2D eigenvalue weighted by Crippen LogP contribution is 2.27. The molecule has 0 radical (unpaired) electrons. The van der Waals surface area contributed by atoms with Crippen molar-refractivity contribution in [2.24, 2.45) is 0 Å². The number of piperazine rings is 1. The van der Waals surface area contributed by atoms with E-state index in [4.69, 9.17) is 21.3 Å². The summed E-state index contributed by atoms with van der Waals surface area (Å²) in [5, 5.41) is 10.2. The Labute approximate surface area is 184 Å². The molecule has 1 saturated heterocycles. The van der Waals surface area contributed by atoms with E-state index < -0.39 is 0 Å². The van der Waals surface area contributed by atoms with E-state index in [1.54, 1.807) is 7.11 Å². The zero-order valence-electron chi connectivity index (χ0n) is 17.0. The smallest absolute Gasteiger partial charge is 0.253 e. The molecular weight excluding hydrogens is 416 g/mol. The fourth-order valence-corrected chi connectivity index (χ4v) is 4.12. The van der Waals surface area contributed by atoms with Gasteiger partial charge in [0.2, 0.25) is 5.95 Å². The van der Waals surface area contributed by atoms with E-state index in [1.807, 2.05) is 57.8 Å². The maximum absolute atomic E-state index is 12.8. The number of aromatic nitrogens is 4. The molecule has 158 valence electrons. The molecular formula is C22H21ClN6O2. The van der Waals surface area contributed by atoms with E-state index in [-0.39, 0.29) is 5.91 Å². The van der Waals surface area contributed by atoms with Crippen LogP contribution in [-0.2, 0) is 11.3 Å². The third kappa shape index (κ3) is 3.58. The number of hydrogen-bond donors (Lipinski definition) is 0. The average Bonchev–Trinajstić information content (AvgIpc) is 3.23. The van der Waals surface area contributed by atoms with Gasteiger partial charge in [-0.15, -0.1) is 10.2 Å². The summed E-state index contributed by atoms with van der Waals surface area (Å²) in [5.74, 6) is 1.46. The molecule has 0 saturated carbocycles. The summed E-state index contributed by atoms with van der Waals surface area (Å²) >= 11 is 6.21. The third-order valence-electron chi connectivity index (χ3n) is 5.50. The molecule has 1 fully saturated rings. The lowest BCUT2D eigenvalue weighted by Gasteiger charge is -2.35. The molecule has 8 nitrogen and oxygen atoms in total. The molecule has 1 amide bonds. The van der Waals surface area contributed by atoms with Crippen molar-refractivity contribution in [3.05, 3.63) is 64.9 Å². The molecule has 0 spiro atoms. The Morgan fingerprint density at radius 1 is 1.06 bits per heavy atom. The van der Waals surface area contributed by atoms with Crippen molar-refractivity contribution in [3.8, 4) is 0 Å². The summed E-state index contributed by atoms with van der Waals surface area (Å²) in [6, 6.07) is 14.9. The maximum Gasteiger partial charge on any atom is 0.253 e. The van der Waals surface area contributed by atoms with Gasteiger partial charge in [-0.25, -0.2) is 9.38 Å². The molecule has 1 aliphatic heterocycles. The van der Waals surface area contributed by atoms with Crippen molar-refractivity contribution in [1.82, 2.24) is 24.5 Å². The van der Waals surface area contributed by atoms with Gasteiger partial charge in [-0.3, -0.25) is 4.79 Å². The van der Waals surface area contributed by atoms with E-state index in [2.05, 4.69) is 15.1 Å². The number of ether oxygens (including phenoxy) is 1. The second-order valence-corrected chi connectivity index (χ2v) is 7.86. The molecule has 0 unspecified atom stereocenters. The number of rotatable bonds is 4. The Balaban J connectivity index is 1.49. The predicted octanol–water partition coefficient (Wildman–Crippen LogP) is 3.04. The molecule has 3 heterocycles. The van der Waals surface area contributed by atoms with Crippen LogP contribution in [0.15, 0.2) is 48.5 Å². The zero-order chi connectivity index (χ0) is 21.4. The molecule has 0 bridgehead atoms. The van der Waals surface area contributed by atoms with Gasteiger partial charge in [0.25, 0.3) is 5.91 Å². The first-order chi connectivity index (χ1) is 15.2. The molecule has 5 rings (SSSR count). The van der Waals surface area contributed by atoms with E-state index in [0.29, 0.717) is 54.8 Å². The second-order valence-electron chi connectivity index (χ2n) is 7.43. The molecule has 0 aliphatic carbocycles. The standard InChI is InChI=1S/C22H21ClN6O2/c1-31-14-19-25-26-20-17-8-7-16(23)13-18(17)24-22(29(19)20)28-11-9-27(10-12-28)21(30)15-5-3-2-4-6-15/h2-8,13H,9-12,14H2,1H3. The molecule has 2 aromatic heterocycles. The van der Waals surface area contributed by atoms with Crippen molar-refractivity contribution in [2.75, 3.05) is 38.2 Å². The van der Waals surface area contributed by atoms with Crippen LogP contribution in [-0.4, -0.2) is 63.7 Å². The van der Waals surface area contributed by atoms with Gasteiger partial charge in [0, 0.05) is 49.3 Å². The zero-order valence-corrected chi connectivity index (χ0v) is 17.8. The van der Waals surface area contributed by atoms with Crippen LogP contribution in [0.5, 0.6) is 0 Å². The number of carbonyl (C=O) groups is 1. The third-order valence-corrected chi connectivity index (χ3v) is 5.73. The summed E-state index contributed by atoms with van der Waals surface area (Å²) in [7, 11) is 1.63. The molecule has 0 N–H and O–H groups in total. The number of benzene rings is 2. The first-order valence-corrected chi connectivity index (χ1v) is 10.4. The number of amides is 1. The molecule has 9 heteroatoms. The second kappa shape index (κ2) is 8.13. The first kappa shape index (κ1) is 19.7. The van der Waals surface area contributed by atoms with Gasteiger partial charge in [0.05, 0.1) is 5.52 Å². The van der Waals surface area contributed by atoms with Crippen LogP contribution in [0.2, 0.25) is 5.02 Å². The van der Waals surface area contributed by atoms with Gasteiger partial charge in [0.1, 0.15) is 6.61 Å². The van der Waals surface area contributed by atoms with E-state index in [0.717, 1.165) is 16.9 Å². The summed E-state index contributed by atoms with van der Waals surface area (Å²) in [6.07, 6.45) is 0. The van der Waals surface area contributed by atoms with Crippen LogP contribution in [0.3, 0.4) is 0 Å². The van der Waals surface area contributed by atoms with Gasteiger partial charge in [0.15, 0.2) is 11.5 Å². The Kier molecular flexibility index (Phi) is 5.17. The Hall–Kier alpha value is -3.23. The van der Waals surface area contributed by atoms with Crippen LogP contribution >= 0.6 is 11.6 Å². The van der Waals surface area contributed by atoms with Gasteiger partial charge in [-0.2, -0.15) is 0 Å². The highest BCUT2D eigenvalue weighted by molar-refractivity contribution is 6.31. The Bertz CT molecular complexity index is 1250. The lowest BCUT2D eigenvalue weighted by molar-refractivity contribution is 0.0746. The van der Waals surface area contributed by atoms with E-state index in [1.165, 1.54) is 0 Å².